The molecule has 0 atom stereocenters. The van der Waals surface area contributed by atoms with Crippen LogP contribution >= 0.6 is 22.7 Å². The summed E-state index contributed by atoms with van der Waals surface area (Å²) in [5.74, 6) is 18.0. The van der Waals surface area contributed by atoms with Gasteiger partial charge in [0.05, 0.1) is 0 Å². The summed E-state index contributed by atoms with van der Waals surface area (Å²) in [6.45, 7) is 0. The zero-order valence-electron chi connectivity index (χ0n) is 29.0. The number of hydrogen-bond donors (Lipinski definition) is 0. The first-order chi connectivity index (χ1) is 26.7. The lowest BCUT2D eigenvalue weighted by Crippen LogP contribution is -2.30. The zero-order valence-corrected chi connectivity index (χ0v) is 30.6. The first kappa shape index (κ1) is 32.1. The molecule has 2 aliphatic heterocycles. The van der Waals surface area contributed by atoms with Crippen molar-refractivity contribution < 1.29 is 9.47 Å². The molecule has 2 aliphatic rings. The molecule has 0 amide bonds. The summed E-state index contributed by atoms with van der Waals surface area (Å²) in [7, 11) is 0. The van der Waals surface area contributed by atoms with Crippen LogP contribution in [-0.4, -0.2) is 0 Å². The van der Waals surface area contributed by atoms with E-state index in [4.69, 9.17) is 9.47 Å². The molecule has 2 aromatic heterocycles. The summed E-state index contributed by atoms with van der Waals surface area (Å²) < 4.78 is 13.0. The number of thiophene rings is 2. The van der Waals surface area contributed by atoms with E-state index in [2.05, 4.69) is 121 Å². The van der Waals surface area contributed by atoms with Crippen LogP contribution in [0.1, 0.15) is 43.1 Å². The summed E-state index contributed by atoms with van der Waals surface area (Å²) in [6, 6.07) is 62.7. The minimum absolute atomic E-state index is 0.745. The summed E-state index contributed by atoms with van der Waals surface area (Å²) >= 11 is 3.57. The summed E-state index contributed by atoms with van der Waals surface area (Å²) in [4.78, 5) is 4.62. The van der Waals surface area contributed by atoms with Gasteiger partial charge in [-0.25, -0.2) is 0 Å². The first-order valence-electron chi connectivity index (χ1n) is 17.8. The summed E-state index contributed by atoms with van der Waals surface area (Å²) in [5.41, 5.74) is 4.61. The molecular formula is C50H30O2S2. The van der Waals surface area contributed by atoms with Crippen LogP contribution < -0.4 is 9.47 Å². The second-order valence-electron chi connectivity index (χ2n) is 13.2. The van der Waals surface area contributed by atoms with E-state index in [-0.39, 0.29) is 0 Å². The molecule has 4 heteroatoms. The van der Waals surface area contributed by atoms with E-state index >= 15 is 0 Å². The van der Waals surface area contributed by atoms with Crippen molar-refractivity contribution in [1.29, 1.82) is 0 Å². The molecule has 2 nitrogen and oxygen atoms in total. The third kappa shape index (κ3) is 5.19. The van der Waals surface area contributed by atoms with Crippen LogP contribution in [0.5, 0.6) is 23.0 Å². The largest absolute Gasteiger partial charge is 0.457 e. The summed E-state index contributed by atoms with van der Waals surface area (Å²) in [5, 5.41) is 0. The monoisotopic (exact) mass is 726 g/mol. The maximum absolute atomic E-state index is 6.51. The van der Waals surface area contributed by atoms with Gasteiger partial charge in [-0.3, -0.25) is 0 Å². The van der Waals surface area contributed by atoms with Crippen molar-refractivity contribution in [2.45, 2.75) is 10.8 Å². The van der Waals surface area contributed by atoms with Crippen molar-refractivity contribution in [2.75, 3.05) is 0 Å². The molecule has 54 heavy (non-hydrogen) atoms. The predicted molar refractivity (Wildman–Crippen MR) is 220 cm³/mol. The fraction of sp³-hybridized carbons (Fsp3) is 0.0400. The molecular weight excluding hydrogens is 697 g/mol. The van der Waals surface area contributed by atoms with Gasteiger partial charge in [0.2, 0.25) is 0 Å². The SMILES string of the molecule is C(#CC1(c2ccc(-c3ccc(C4(C#Cc5ccccc5)c5ccccc5Oc5ccccc54)s3)s2)c2ccccc2Oc2ccccc21)c1ccccc1. The van der Waals surface area contributed by atoms with Crippen molar-refractivity contribution >= 4 is 22.7 Å². The van der Waals surface area contributed by atoms with Gasteiger partial charge in [0, 0.05) is 52.9 Å². The lowest BCUT2D eigenvalue weighted by Gasteiger charge is -2.36. The molecule has 0 bridgehead atoms. The normalized spacial score (nSPS) is 13.9. The smallest absolute Gasteiger partial charge is 0.132 e. The highest BCUT2D eigenvalue weighted by Gasteiger charge is 2.45. The van der Waals surface area contributed by atoms with Gasteiger partial charge in [-0.15, -0.1) is 22.7 Å². The van der Waals surface area contributed by atoms with Crippen LogP contribution in [0, 0.1) is 23.7 Å². The minimum atomic E-state index is -0.745. The molecule has 0 fully saturated rings. The number of para-hydroxylation sites is 4. The average molecular weight is 727 g/mol. The van der Waals surface area contributed by atoms with Crippen LogP contribution in [-0.2, 0) is 10.8 Å². The van der Waals surface area contributed by atoms with Crippen LogP contribution in [0.4, 0.5) is 0 Å². The Bertz CT molecular complexity index is 2520. The molecule has 8 aromatic rings. The van der Waals surface area contributed by atoms with E-state index in [1.165, 1.54) is 9.75 Å². The van der Waals surface area contributed by atoms with E-state index in [1.807, 2.05) is 84.9 Å². The first-order valence-corrected chi connectivity index (χ1v) is 19.5. The lowest BCUT2D eigenvalue weighted by molar-refractivity contribution is 0.441. The Kier molecular flexibility index (Phi) is 7.81. The van der Waals surface area contributed by atoms with Crippen molar-refractivity contribution in [1.82, 2.24) is 0 Å². The maximum atomic E-state index is 6.51. The Hall–Kier alpha value is -6.56. The van der Waals surface area contributed by atoms with E-state index in [0.29, 0.717) is 0 Å². The number of rotatable bonds is 3. The van der Waals surface area contributed by atoms with Crippen molar-refractivity contribution in [3.05, 3.63) is 225 Å². The van der Waals surface area contributed by atoms with Gasteiger partial charge >= 0.3 is 0 Å². The van der Waals surface area contributed by atoms with E-state index in [0.717, 1.165) is 66.1 Å². The topological polar surface area (TPSA) is 18.5 Å². The lowest BCUT2D eigenvalue weighted by atomic mass is 9.71. The molecule has 0 radical (unpaired) electrons. The molecule has 0 N–H and O–H groups in total. The van der Waals surface area contributed by atoms with E-state index in [9.17, 15) is 0 Å². The maximum Gasteiger partial charge on any atom is 0.132 e. The number of hydrogen-bond acceptors (Lipinski definition) is 4. The minimum Gasteiger partial charge on any atom is -0.457 e. The van der Waals surface area contributed by atoms with Gasteiger partial charge < -0.3 is 9.47 Å². The summed E-state index contributed by atoms with van der Waals surface area (Å²) in [6.07, 6.45) is 0. The predicted octanol–water partition coefficient (Wildman–Crippen LogP) is 12.5. The van der Waals surface area contributed by atoms with Gasteiger partial charge in [0.15, 0.2) is 0 Å². The van der Waals surface area contributed by atoms with E-state index < -0.39 is 10.8 Å². The Morgan fingerprint density at radius 3 is 1.00 bits per heavy atom. The standard InChI is InChI=1S/C50H30O2S2/c1-3-15-35(16-4-1)31-33-49(37-19-7-11-23-41(37)51-42-24-12-8-20-38(42)49)47-29-27-45(53-47)46-28-30-48(54-46)50(34-32-36-17-5-2-6-18-36)39-21-9-13-25-43(39)52-44-26-14-10-22-40(44)50/h1-30H. The highest BCUT2D eigenvalue weighted by atomic mass is 32.1. The molecule has 0 unspecified atom stereocenters. The van der Waals surface area contributed by atoms with Gasteiger partial charge in [0.1, 0.15) is 33.8 Å². The quantitative estimate of drug-likeness (QED) is 0.169. The second-order valence-corrected chi connectivity index (χ2v) is 15.4. The van der Waals surface area contributed by atoms with Crippen LogP contribution in [0.25, 0.3) is 9.75 Å². The van der Waals surface area contributed by atoms with Crippen molar-refractivity contribution in [3.63, 3.8) is 0 Å². The van der Waals surface area contributed by atoms with Gasteiger partial charge in [-0.05, 0) is 72.8 Å². The number of benzene rings is 6. The Labute approximate surface area is 323 Å². The van der Waals surface area contributed by atoms with Gasteiger partial charge in [-0.1, -0.05) is 133 Å². The highest BCUT2D eigenvalue weighted by Crippen LogP contribution is 2.56. The van der Waals surface area contributed by atoms with Crippen molar-refractivity contribution in [3.8, 4) is 56.4 Å². The van der Waals surface area contributed by atoms with Gasteiger partial charge in [0.25, 0.3) is 0 Å². The Balaban J connectivity index is 1.16. The van der Waals surface area contributed by atoms with Crippen molar-refractivity contribution in [2.24, 2.45) is 0 Å². The second kappa shape index (κ2) is 13.1. The molecule has 254 valence electrons. The van der Waals surface area contributed by atoms with Gasteiger partial charge in [-0.2, -0.15) is 0 Å². The molecule has 0 saturated carbocycles. The molecule has 0 spiro atoms. The fourth-order valence-electron chi connectivity index (χ4n) is 7.63. The highest BCUT2D eigenvalue weighted by molar-refractivity contribution is 7.22. The molecule has 4 heterocycles. The van der Waals surface area contributed by atoms with E-state index in [1.54, 1.807) is 22.7 Å². The average Bonchev–Trinajstić information content (AvgIpc) is 3.94. The van der Waals surface area contributed by atoms with Crippen LogP contribution in [0.2, 0.25) is 0 Å². The number of ether oxygens (including phenoxy) is 2. The molecule has 0 aliphatic carbocycles. The van der Waals surface area contributed by atoms with Crippen LogP contribution in [0.15, 0.2) is 182 Å². The third-order valence-electron chi connectivity index (χ3n) is 10.1. The Morgan fingerprint density at radius 1 is 0.333 bits per heavy atom. The molecule has 10 rings (SSSR count). The molecule has 6 aromatic carbocycles. The Morgan fingerprint density at radius 2 is 0.648 bits per heavy atom. The zero-order chi connectivity index (χ0) is 36.0. The molecule has 0 saturated heterocycles. The third-order valence-corrected chi connectivity index (χ3v) is 12.7. The fourth-order valence-corrected chi connectivity index (χ4v) is 10.1. The number of fused-ring (bicyclic) bond motifs is 4. The van der Waals surface area contributed by atoms with Crippen LogP contribution in [0.3, 0.4) is 0 Å².